The van der Waals surface area contributed by atoms with Crippen LogP contribution >= 0.6 is 0 Å². The molecule has 4 aromatic rings. The van der Waals surface area contributed by atoms with Gasteiger partial charge in [-0.2, -0.15) is 4.98 Å². The summed E-state index contributed by atoms with van der Waals surface area (Å²) in [4.78, 5) is 15.8. The van der Waals surface area contributed by atoms with Crippen molar-refractivity contribution in [2.75, 3.05) is 5.32 Å². The molecule has 1 aliphatic rings. The van der Waals surface area contributed by atoms with Gasteiger partial charge in [-0.15, -0.1) is 0 Å². The Bertz CT molecular complexity index is 1280. The Kier molecular flexibility index (Phi) is 5.65. The minimum atomic E-state index is -0.700. The molecule has 2 atom stereocenters. The summed E-state index contributed by atoms with van der Waals surface area (Å²) in [5.74, 6) is 0.0682. The van der Waals surface area contributed by atoms with Gasteiger partial charge in [0.25, 0.3) is 5.89 Å². The zero-order valence-electron chi connectivity index (χ0n) is 18.4. The molecule has 3 aromatic carbocycles. The molecule has 0 amide bonds. The highest BCUT2D eigenvalue weighted by atomic mass is 16.5. The molecule has 0 saturated heterocycles. The molecule has 1 aromatic heterocycles. The van der Waals surface area contributed by atoms with Crippen LogP contribution in [0.4, 0.5) is 5.69 Å². The number of hydrogen-bond acceptors (Lipinski definition) is 5. The van der Waals surface area contributed by atoms with Gasteiger partial charge in [-0.3, -0.25) is 4.79 Å². The number of aromatic nitrogens is 2. The molecule has 6 nitrogen and oxygen atoms in total. The molecule has 0 aliphatic heterocycles. The van der Waals surface area contributed by atoms with Gasteiger partial charge < -0.3 is 14.9 Å². The molecule has 33 heavy (non-hydrogen) atoms. The first-order valence-corrected chi connectivity index (χ1v) is 11.2. The topological polar surface area (TPSA) is 88.3 Å². The van der Waals surface area contributed by atoms with Crippen molar-refractivity contribution in [1.29, 1.82) is 0 Å². The number of anilines is 1. The van der Waals surface area contributed by atoms with E-state index in [-0.39, 0.29) is 12.0 Å². The summed E-state index contributed by atoms with van der Waals surface area (Å²) in [6.45, 7) is 2.03. The Morgan fingerprint density at radius 1 is 0.939 bits per heavy atom. The third-order valence-electron chi connectivity index (χ3n) is 6.27. The third-order valence-corrected chi connectivity index (χ3v) is 6.27. The van der Waals surface area contributed by atoms with E-state index in [9.17, 15) is 9.90 Å². The van der Waals surface area contributed by atoms with Gasteiger partial charge in [0.05, 0.1) is 5.92 Å². The van der Waals surface area contributed by atoms with Crippen LogP contribution in [0.15, 0.2) is 77.3 Å². The zero-order valence-corrected chi connectivity index (χ0v) is 18.4. The van der Waals surface area contributed by atoms with E-state index in [1.807, 2.05) is 55.5 Å². The first-order valence-electron chi connectivity index (χ1n) is 11.2. The summed E-state index contributed by atoms with van der Waals surface area (Å²) in [5.41, 5.74) is 6.05. The molecular formula is C27H25N3O3. The van der Waals surface area contributed by atoms with Gasteiger partial charge in [0, 0.05) is 22.9 Å². The first kappa shape index (κ1) is 20.9. The van der Waals surface area contributed by atoms with Crippen molar-refractivity contribution in [2.24, 2.45) is 5.92 Å². The molecule has 0 bridgehead atoms. The number of aliphatic carboxylic acids is 1. The van der Waals surface area contributed by atoms with Crippen LogP contribution in [0.5, 0.6) is 0 Å². The lowest BCUT2D eigenvalue weighted by Gasteiger charge is -2.16. The van der Waals surface area contributed by atoms with E-state index in [1.54, 1.807) is 0 Å². The summed E-state index contributed by atoms with van der Waals surface area (Å²) < 4.78 is 5.58. The molecule has 1 heterocycles. The van der Waals surface area contributed by atoms with Gasteiger partial charge in [-0.1, -0.05) is 47.6 Å². The fraction of sp³-hybridized carbons (Fsp3) is 0.222. The fourth-order valence-corrected chi connectivity index (χ4v) is 4.44. The molecular weight excluding hydrogens is 414 g/mol. The minimum Gasteiger partial charge on any atom is -0.481 e. The highest BCUT2D eigenvalue weighted by Gasteiger charge is 2.29. The van der Waals surface area contributed by atoms with E-state index >= 15 is 0 Å². The molecule has 1 fully saturated rings. The van der Waals surface area contributed by atoms with Crippen molar-refractivity contribution >= 4 is 11.7 Å². The number of hydrogen-bond donors (Lipinski definition) is 2. The van der Waals surface area contributed by atoms with E-state index in [2.05, 4.69) is 39.7 Å². The summed E-state index contributed by atoms with van der Waals surface area (Å²) >= 11 is 0. The highest BCUT2D eigenvalue weighted by Crippen LogP contribution is 2.31. The first-order chi connectivity index (χ1) is 16.1. The van der Waals surface area contributed by atoms with E-state index in [0.29, 0.717) is 18.1 Å². The van der Waals surface area contributed by atoms with Crippen molar-refractivity contribution < 1.29 is 14.4 Å². The van der Waals surface area contributed by atoms with Crippen LogP contribution in [0.1, 0.15) is 24.8 Å². The normalized spacial score (nSPS) is 17.7. The summed E-state index contributed by atoms with van der Waals surface area (Å²) in [6.07, 6.45) is 2.25. The predicted molar refractivity (Wildman–Crippen MR) is 128 cm³/mol. The van der Waals surface area contributed by atoms with Crippen molar-refractivity contribution in [3.8, 4) is 34.0 Å². The number of carbonyl (C=O) groups is 1. The number of nitrogens with one attached hydrogen (secondary N) is 1. The number of carboxylic acids is 1. The van der Waals surface area contributed by atoms with Gasteiger partial charge in [-0.05, 0) is 73.2 Å². The Hall–Kier alpha value is -3.93. The maximum Gasteiger partial charge on any atom is 0.306 e. The third kappa shape index (κ3) is 4.51. The smallest absolute Gasteiger partial charge is 0.306 e. The lowest BCUT2D eigenvalue weighted by atomic mass is 10.0. The summed E-state index contributed by atoms with van der Waals surface area (Å²) in [5, 5.41) is 16.9. The van der Waals surface area contributed by atoms with Crippen LogP contribution in [0.25, 0.3) is 34.0 Å². The largest absolute Gasteiger partial charge is 0.481 e. The molecule has 0 unspecified atom stereocenters. The standard InChI is InChI=1S/C27H25N3O3/c1-17-14-20(11-13-24(17)28-23-12-10-22(16-23)27(31)32)25-29-26(33-30-25)21-9-5-8-19(15-21)18-6-3-2-4-7-18/h2-9,11,13-15,22-23,28H,10,12,16H2,1H3,(H,31,32)/t22-,23+/m1/s1. The molecule has 6 heteroatoms. The van der Waals surface area contributed by atoms with Crippen LogP contribution in [0, 0.1) is 12.8 Å². The van der Waals surface area contributed by atoms with Crippen LogP contribution in [0.3, 0.4) is 0 Å². The van der Waals surface area contributed by atoms with Gasteiger partial charge in [0.1, 0.15) is 0 Å². The Labute approximate surface area is 192 Å². The van der Waals surface area contributed by atoms with Crippen LogP contribution < -0.4 is 5.32 Å². The van der Waals surface area contributed by atoms with Crippen LogP contribution in [-0.4, -0.2) is 27.3 Å². The predicted octanol–water partition coefficient (Wildman–Crippen LogP) is 6.04. The molecule has 166 valence electrons. The van der Waals surface area contributed by atoms with Crippen LogP contribution in [-0.2, 0) is 4.79 Å². The van der Waals surface area contributed by atoms with Gasteiger partial charge in [0.2, 0.25) is 5.82 Å². The zero-order chi connectivity index (χ0) is 22.8. The van der Waals surface area contributed by atoms with E-state index in [0.717, 1.165) is 46.3 Å². The summed E-state index contributed by atoms with van der Waals surface area (Å²) in [7, 11) is 0. The average Bonchev–Trinajstić information content (AvgIpc) is 3.51. The van der Waals surface area contributed by atoms with Gasteiger partial charge >= 0.3 is 5.97 Å². The molecule has 1 aliphatic carbocycles. The Balaban J connectivity index is 1.33. The van der Waals surface area contributed by atoms with Crippen molar-refractivity contribution in [2.45, 2.75) is 32.2 Å². The second-order valence-electron chi connectivity index (χ2n) is 8.59. The molecule has 2 N–H and O–H groups in total. The SMILES string of the molecule is Cc1cc(-c2noc(-c3cccc(-c4ccccc4)c3)n2)ccc1N[C@H]1CC[C@@H](C(=O)O)C1. The quantitative estimate of drug-likeness (QED) is 0.381. The van der Waals surface area contributed by atoms with E-state index in [4.69, 9.17) is 4.52 Å². The lowest BCUT2D eigenvalue weighted by molar-refractivity contribution is -0.141. The molecule has 0 spiro atoms. The average molecular weight is 440 g/mol. The van der Waals surface area contributed by atoms with Crippen molar-refractivity contribution in [3.63, 3.8) is 0 Å². The highest BCUT2D eigenvalue weighted by molar-refractivity contribution is 5.72. The number of aryl methyl sites for hydroxylation is 1. The number of benzene rings is 3. The van der Waals surface area contributed by atoms with Crippen molar-refractivity contribution in [3.05, 3.63) is 78.4 Å². The second-order valence-corrected chi connectivity index (χ2v) is 8.59. The van der Waals surface area contributed by atoms with Gasteiger partial charge in [-0.25, -0.2) is 0 Å². The molecule has 0 radical (unpaired) electrons. The minimum absolute atomic E-state index is 0.185. The Morgan fingerprint density at radius 3 is 2.48 bits per heavy atom. The molecule has 5 rings (SSSR count). The number of rotatable bonds is 6. The van der Waals surface area contributed by atoms with E-state index in [1.165, 1.54) is 0 Å². The van der Waals surface area contributed by atoms with Crippen LogP contribution in [0.2, 0.25) is 0 Å². The monoisotopic (exact) mass is 439 g/mol. The van der Waals surface area contributed by atoms with Crippen molar-refractivity contribution in [1.82, 2.24) is 10.1 Å². The fourth-order valence-electron chi connectivity index (χ4n) is 4.44. The lowest BCUT2D eigenvalue weighted by Crippen LogP contribution is -2.18. The van der Waals surface area contributed by atoms with E-state index < -0.39 is 5.97 Å². The molecule has 1 saturated carbocycles. The number of nitrogens with zero attached hydrogens (tertiary/aromatic N) is 2. The maximum atomic E-state index is 11.2. The van der Waals surface area contributed by atoms with Gasteiger partial charge in [0.15, 0.2) is 0 Å². The number of carboxylic acid groups (broad SMARTS) is 1. The maximum absolute atomic E-state index is 11.2. The summed E-state index contributed by atoms with van der Waals surface area (Å²) in [6, 6.07) is 24.4. The second kappa shape index (κ2) is 8.90. The Morgan fingerprint density at radius 2 is 1.73 bits per heavy atom.